The standard InChI is InChI=1S/C12H14N4.ClH/c1-2-9-6-11(8-15-12(9)14-4-1)16-10-3-5-13-7-10;/h1-2,4,6,8,10,13,16H,3,5,7H2;1H/t10-;/m0./s1. The van der Waals surface area contributed by atoms with Crippen molar-refractivity contribution >= 4 is 29.1 Å². The van der Waals surface area contributed by atoms with Crippen LogP contribution in [0.5, 0.6) is 0 Å². The van der Waals surface area contributed by atoms with Crippen LogP contribution in [0, 0.1) is 0 Å². The molecule has 17 heavy (non-hydrogen) atoms. The third-order valence-corrected chi connectivity index (χ3v) is 2.88. The van der Waals surface area contributed by atoms with E-state index < -0.39 is 0 Å². The number of anilines is 1. The summed E-state index contributed by atoms with van der Waals surface area (Å²) in [5.41, 5.74) is 1.88. The molecular formula is C12H15ClN4. The lowest BCUT2D eigenvalue weighted by Crippen LogP contribution is -2.22. The van der Waals surface area contributed by atoms with Gasteiger partial charge in [0.1, 0.15) is 0 Å². The van der Waals surface area contributed by atoms with Crippen LogP contribution in [-0.4, -0.2) is 29.1 Å². The van der Waals surface area contributed by atoms with Crippen LogP contribution < -0.4 is 10.6 Å². The van der Waals surface area contributed by atoms with Crippen molar-refractivity contribution in [3.05, 3.63) is 30.6 Å². The molecule has 3 rings (SSSR count). The summed E-state index contributed by atoms with van der Waals surface area (Å²) < 4.78 is 0. The minimum atomic E-state index is 0. The molecule has 0 saturated carbocycles. The van der Waals surface area contributed by atoms with Gasteiger partial charge in [-0.1, -0.05) is 0 Å². The third-order valence-electron chi connectivity index (χ3n) is 2.88. The number of fused-ring (bicyclic) bond motifs is 1. The molecule has 4 nitrogen and oxygen atoms in total. The maximum Gasteiger partial charge on any atom is 0.159 e. The maximum atomic E-state index is 4.33. The number of nitrogens with zero attached hydrogens (tertiary/aromatic N) is 2. The smallest absolute Gasteiger partial charge is 0.159 e. The van der Waals surface area contributed by atoms with E-state index >= 15 is 0 Å². The van der Waals surface area contributed by atoms with Crippen LogP contribution in [0.25, 0.3) is 11.0 Å². The number of nitrogens with one attached hydrogen (secondary N) is 2. The van der Waals surface area contributed by atoms with Crippen LogP contribution in [0.2, 0.25) is 0 Å². The number of hydrogen-bond acceptors (Lipinski definition) is 4. The van der Waals surface area contributed by atoms with E-state index in [0.29, 0.717) is 6.04 Å². The second-order valence-corrected chi connectivity index (χ2v) is 4.11. The first-order chi connectivity index (χ1) is 7.92. The molecule has 1 aliphatic heterocycles. The van der Waals surface area contributed by atoms with Crippen molar-refractivity contribution < 1.29 is 0 Å². The molecule has 2 aromatic heterocycles. The monoisotopic (exact) mass is 250 g/mol. The van der Waals surface area contributed by atoms with Crippen LogP contribution in [0.4, 0.5) is 5.69 Å². The molecule has 5 heteroatoms. The van der Waals surface area contributed by atoms with Gasteiger partial charge in [-0.3, -0.25) is 0 Å². The first-order valence-corrected chi connectivity index (χ1v) is 5.60. The highest BCUT2D eigenvalue weighted by Crippen LogP contribution is 2.16. The minimum Gasteiger partial charge on any atom is -0.380 e. The average molecular weight is 251 g/mol. The number of pyridine rings is 2. The molecule has 0 unspecified atom stereocenters. The van der Waals surface area contributed by atoms with Gasteiger partial charge >= 0.3 is 0 Å². The van der Waals surface area contributed by atoms with E-state index in [1.165, 1.54) is 6.42 Å². The Labute approximate surface area is 106 Å². The fourth-order valence-electron chi connectivity index (χ4n) is 2.06. The Hall–Kier alpha value is -1.39. The second-order valence-electron chi connectivity index (χ2n) is 4.11. The quantitative estimate of drug-likeness (QED) is 0.854. The molecule has 1 aliphatic rings. The molecule has 2 N–H and O–H groups in total. The molecule has 0 aliphatic carbocycles. The summed E-state index contributed by atoms with van der Waals surface area (Å²) in [5.74, 6) is 0. The first kappa shape index (κ1) is 12.1. The maximum absolute atomic E-state index is 4.33. The van der Waals surface area contributed by atoms with Crippen LogP contribution in [-0.2, 0) is 0 Å². The summed E-state index contributed by atoms with van der Waals surface area (Å²) in [6, 6.07) is 6.60. The third kappa shape index (κ3) is 2.65. The Balaban J connectivity index is 0.00000108. The average Bonchev–Trinajstić information content (AvgIpc) is 2.82. The van der Waals surface area contributed by atoms with Gasteiger partial charge in [0.2, 0.25) is 0 Å². The Kier molecular flexibility index (Phi) is 3.76. The second kappa shape index (κ2) is 5.29. The molecule has 0 amide bonds. The molecule has 0 bridgehead atoms. The van der Waals surface area contributed by atoms with Gasteiger partial charge in [-0.15, -0.1) is 12.4 Å². The summed E-state index contributed by atoms with van der Waals surface area (Å²) in [6.45, 7) is 2.13. The Morgan fingerprint density at radius 3 is 3.12 bits per heavy atom. The molecule has 1 saturated heterocycles. The molecule has 0 spiro atoms. The molecular weight excluding hydrogens is 236 g/mol. The Morgan fingerprint density at radius 2 is 2.29 bits per heavy atom. The van der Waals surface area contributed by atoms with Gasteiger partial charge in [-0.05, 0) is 31.2 Å². The fourth-order valence-corrected chi connectivity index (χ4v) is 2.06. The number of halogens is 1. The molecule has 90 valence electrons. The van der Waals surface area contributed by atoms with E-state index in [2.05, 4.69) is 26.7 Å². The van der Waals surface area contributed by atoms with Crippen molar-refractivity contribution in [2.45, 2.75) is 12.5 Å². The summed E-state index contributed by atoms with van der Waals surface area (Å²) >= 11 is 0. The highest BCUT2D eigenvalue weighted by Gasteiger charge is 2.13. The van der Waals surface area contributed by atoms with Gasteiger partial charge in [-0.25, -0.2) is 9.97 Å². The highest BCUT2D eigenvalue weighted by atomic mass is 35.5. The van der Waals surface area contributed by atoms with E-state index in [1.807, 2.05) is 18.3 Å². The zero-order chi connectivity index (χ0) is 10.8. The largest absolute Gasteiger partial charge is 0.380 e. The van der Waals surface area contributed by atoms with E-state index in [9.17, 15) is 0 Å². The van der Waals surface area contributed by atoms with Crippen LogP contribution in [0.3, 0.4) is 0 Å². The summed E-state index contributed by atoms with van der Waals surface area (Å²) in [5, 5.41) is 7.90. The van der Waals surface area contributed by atoms with E-state index in [4.69, 9.17) is 0 Å². The molecule has 0 radical (unpaired) electrons. The number of aromatic nitrogens is 2. The van der Waals surface area contributed by atoms with Crippen LogP contribution >= 0.6 is 12.4 Å². The van der Waals surface area contributed by atoms with E-state index in [1.54, 1.807) is 6.20 Å². The highest BCUT2D eigenvalue weighted by molar-refractivity contribution is 5.85. The van der Waals surface area contributed by atoms with Crippen molar-refractivity contribution in [1.29, 1.82) is 0 Å². The lowest BCUT2D eigenvalue weighted by atomic mass is 10.2. The lowest BCUT2D eigenvalue weighted by molar-refractivity contribution is 0.793. The summed E-state index contributed by atoms with van der Waals surface area (Å²) in [6.07, 6.45) is 4.79. The fraction of sp³-hybridized carbons (Fsp3) is 0.333. The SMILES string of the molecule is Cl.c1cnc2ncc(N[C@H]3CCNC3)cc2c1. The van der Waals surface area contributed by atoms with Gasteiger partial charge in [0, 0.05) is 24.2 Å². The molecule has 2 aromatic rings. The van der Waals surface area contributed by atoms with Crippen molar-refractivity contribution in [3.63, 3.8) is 0 Å². The van der Waals surface area contributed by atoms with Crippen molar-refractivity contribution in [2.75, 3.05) is 18.4 Å². The Bertz CT molecular complexity index is 497. The zero-order valence-corrected chi connectivity index (χ0v) is 10.2. The zero-order valence-electron chi connectivity index (χ0n) is 9.39. The lowest BCUT2D eigenvalue weighted by Gasteiger charge is -2.12. The predicted octanol–water partition coefficient (Wildman–Crippen LogP) is 1.83. The number of rotatable bonds is 2. The molecule has 1 fully saturated rings. The normalized spacial score (nSPS) is 18.9. The molecule has 0 aromatic carbocycles. The van der Waals surface area contributed by atoms with Crippen molar-refractivity contribution in [2.24, 2.45) is 0 Å². The van der Waals surface area contributed by atoms with Gasteiger partial charge < -0.3 is 10.6 Å². The van der Waals surface area contributed by atoms with Gasteiger partial charge in [0.05, 0.1) is 11.9 Å². The number of hydrogen-bond donors (Lipinski definition) is 2. The first-order valence-electron chi connectivity index (χ1n) is 5.60. The summed E-state index contributed by atoms with van der Waals surface area (Å²) in [7, 11) is 0. The topological polar surface area (TPSA) is 49.8 Å². The Morgan fingerprint density at radius 1 is 1.35 bits per heavy atom. The van der Waals surface area contributed by atoms with Crippen LogP contribution in [0.1, 0.15) is 6.42 Å². The molecule has 1 atom stereocenters. The van der Waals surface area contributed by atoms with Crippen LogP contribution in [0.15, 0.2) is 30.6 Å². The van der Waals surface area contributed by atoms with E-state index in [-0.39, 0.29) is 12.4 Å². The predicted molar refractivity (Wildman–Crippen MR) is 71.7 cm³/mol. The van der Waals surface area contributed by atoms with Gasteiger partial charge in [-0.2, -0.15) is 0 Å². The summed E-state index contributed by atoms with van der Waals surface area (Å²) in [4.78, 5) is 8.53. The van der Waals surface area contributed by atoms with E-state index in [0.717, 1.165) is 29.8 Å². The van der Waals surface area contributed by atoms with Crippen molar-refractivity contribution in [1.82, 2.24) is 15.3 Å². The van der Waals surface area contributed by atoms with Crippen molar-refractivity contribution in [3.8, 4) is 0 Å². The molecule has 3 heterocycles. The van der Waals surface area contributed by atoms with Gasteiger partial charge in [0.25, 0.3) is 0 Å². The minimum absolute atomic E-state index is 0. The van der Waals surface area contributed by atoms with Gasteiger partial charge in [0.15, 0.2) is 5.65 Å².